The van der Waals surface area contributed by atoms with Crippen molar-refractivity contribution in [3.63, 3.8) is 0 Å². The minimum Gasteiger partial charge on any atom is -0.481 e. The molecule has 0 aliphatic heterocycles. The summed E-state index contributed by atoms with van der Waals surface area (Å²) in [6.07, 6.45) is 1.31. The molecule has 2 rings (SSSR count). The molecule has 0 aliphatic rings. The van der Waals surface area contributed by atoms with E-state index in [0.29, 0.717) is 11.8 Å². The summed E-state index contributed by atoms with van der Waals surface area (Å²) in [6, 6.07) is 9.24. The van der Waals surface area contributed by atoms with Crippen molar-refractivity contribution in [3.05, 3.63) is 47.9 Å². The van der Waals surface area contributed by atoms with Gasteiger partial charge in [-0.2, -0.15) is 0 Å². The lowest BCUT2D eigenvalue weighted by atomic mass is 10.0. The molecule has 1 heterocycles. The smallest absolute Gasteiger partial charge is 0.274 e. The molecular weight excluding hydrogens is 254 g/mol. The van der Waals surface area contributed by atoms with E-state index in [1.165, 1.54) is 19.5 Å². The van der Waals surface area contributed by atoms with E-state index in [-0.39, 0.29) is 11.6 Å². The van der Waals surface area contributed by atoms with Crippen molar-refractivity contribution in [3.8, 4) is 5.88 Å². The number of carbonyl (C=O) groups excluding carboxylic acids is 1. The van der Waals surface area contributed by atoms with E-state index in [2.05, 4.69) is 29.1 Å². The van der Waals surface area contributed by atoms with Gasteiger partial charge >= 0.3 is 0 Å². The van der Waals surface area contributed by atoms with Crippen LogP contribution in [-0.2, 0) is 0 Å². The van der Waals surface area contributed by atoms with Gasteiger partial charge in [0.15, 0.2) is 0 Å². The number of benzene rings is 1. The van der Waals surface area contributed by atoms with E-state index < -0.39 is 0 Å². The first-order valence-electron chi connectivity index (χ1n) is 6.38. The predicted octanol–water partition coefficient (Wildman–Crippen LogP) is 2.86. The number of methoxy groups -OCH3 is 1. The van der Waals surface area contributed by atoms with Crippen LogP contribution in [0.3, 0.4) is 0 Å². The minimum absolute atomic E-state index is 0.274. The van der Waals surface area contributed by atoms with Gasteiger partial charge in [0, 0.05) is 11.8 Å². The third-order valence-corrected chi connectivity index (χ3v) is 2.91. The number of carbonyl (C=O) groups is 1. The van der Waals surface area contributed by atoms with Crippen molar-refractivity contribution in [2.24, 2.45) is 0 Å². The van der Waals surface area contributed by atoms with Gasteiger partial charge in [0.2, 0.25) is 5.88 Å². The average Bonchev–Trinajstić information content (AvgIpc) is 2.47. The molecule has 0 saturated heterocycles. The summed E-state index contributed by atoms with van der Waals surface area (Å²) >= 11 is 0. The molecular formula is C15H17N3O2. The molecule has 0 fully saturated rings. The molecule has 1 aromatic heterocycles. The van der Waals surface area contributed by atoms with Crippen molar-refractivity contribution in [2.75, 3.05) is 12.4 Å². The van der Waals surface area contributed by atoms with Crippen LogP contribution < -0.4 is 10.1 Å². The first-order valence-corrected chi connectivity index (χ1v) is 6.38. The molecule has 0 bridgehead atoms. The molecule has 20 heavy (non-hydrogen) atoms. The van der Waals surface area contributed by atoms with Gasteiger partial charge in [-0.15, -0.1) is 0 Å². The molecule has 0 unspecified atom stereocenters. The highest BCUT2D eigenvalue weighted by Gasteiger charge is 2.12. The first kappa shape index (κ1) is 14.0. The van der Waals surface area contributed by atoms with Gasteiger partial charge in [-0.1, -0.05) is 32.0 Å². The molecule has 0 aliphatic carbocycles. The fraction of sp³-hybridized carbons (Fsp3) is 0.267. The molecule has 0 saturated carbocycles. The van der Waals surface area contributed by atoms with Gasteiger partial charge in [-0.3, -0.25) is 4.79 Å². The molecule has 0 atom stereocenters. The molecule has 1 amide bonds. The molecule has 1 aromatic carbocycles. The van der Waals surface area contributed by atoms with Crippen LogP contribution in [0.1, 0.15) is 35.8 Å². The number of anilines is 1. The quantitative estimate of drug-likeness (QED) is 0.928. The Labute approximate surface area is 118 Å². The summed E-state index contributed by atoms with van der Waals surface area (Å²) in [7, 11) is 1.50. The predicted molar refractivity (Wildman–Crippen MR) is 77.1 cm³/mol. The molecule has 0 radical (unpaired) electrons. The zero-order valence-corrected chi connectivity index (χ0v) is 11.8. The second-order valence-electron chi connectivity index (χ2n) is 4.64. The van der Waals surface area contributed by atoms with E-state index in [1.54, 1.807) is 0 Å². The number of hydrogen-bond acceptors (Lipinski definition) is 4. The second-order valence-corrected chi connectivity index (χ2v) is 4.64. The van der Waals surface area contributed by atoms with Gasteiger partial charge in [-0.05, 0) is 17.5 Å². The third-order valence-electron chi connectivity index (χ3n) is 2.91. The van der Waals surface area contributed by atoms with Gasteiger partial charge < -0.3 is 10.1 Å². The van der Waals surface area contributed by atoms with Crippen molar-refractivity contribution in [2.45, 2.75) is 19.8 Å². The highest BCUT2D eigenvalue weighted by Crippen LogP contribution is 2.24. The topological polar surface area (TPSA) is 64.1 Å². The molecule has 2 aromatic rings. The maximum absolute atomic E-state index is 12.2. The number of nitrogens with zero attached hydrogens (tertiary/aromatic N) is 2. The SMILES string of the molecule is COc1cc(C(=O)Nc2ccccc2C(C)C)ncn1. The maximum Gasteiger partial charge on any atom is 0.274 e. The fourth-order valence-corrected chi connectivity index (χ4v) is 1.88. The number of hydrogen-bond donors (Lipinski definition) is 1. The van der Waals surface area contributed by atoms with Crippen LogP contribution in [-0.4, -0.2) is 23.0 Å². The average molecular weight is 271 g/mol. The van der Waals surface area contributed by atoms with Crippen molar-refractivity contribution >= 4 is 11.6 Å². The Kier molecular flexibility index (Phi) is 4.30. The first-order chi connectivity index (χ1) is 9.61. The summed E-state index contributed by atoms with van der Waals surface area (Å²) in [5, 5.41) is 2.87. The zero-order valence-electron chi connectivity index (χ0n) is 11.8. The maximum atomic E-state index is 12.2. The Bertz CT molecular complexity index is 612. The van der Waals surface area contributed by atoms with Gasteiger partial charge in [0.1, 0.15) is 12.0 Å². The Balaban J connectivity index is 2.23. The number of rotatable bonds is 4. The Hall–Kier alpha value is -2.43. The summed E-state index contributed by atoms with van der Waals surface area (Å²) < 4.78 is 4.99. The van der Waals surface area contributed by atoms with Crippen molar-refractivity contribution in [1.82, 2.24) is 9.97 Å². The Morgan fingerprint density at radius 3 is 2.70 bits per heavy atom. The Morgan fingerprint density at radius 1 is 1.25 bits per heavy atom. The van der Waals surface area contributed by atoms with Crippen LogP contribution >= 0.6 is 0 Å². The minimum atomic E-state index is -0.279. The molecule has 5 nitrogen and oxygen atoms in total. The van der Waals surface area contributed by atoms with Crippen LogP contribution in [0, 0.1) is 0 Å². The van der Waals surface area contributed by atoms with Crippen LogP contribution in [0.25, 0.3) is 0 Å². The summed E-state index contributed by atoms with van der Waals surface area (Å²) in [5.74, 6) is 0.410. The molecule has 0 spiro atoms. The van der Waals surface area contributed by atoms with Crippen molar-refractivity contribution in [1.29, 1.82) is 0 Å². The summed E-state index contributed by atoms with van der Waals surface area (Å²) in [6.45, 7) is 4.16. The van der Waals surface area contributed by atoms with Crippen LogP contribution in [0.4, 0.5) is 5.69 Å². The van der Waals surface area contributed by atoms with Gasteiger partial charge in [0.05, 0.1) is 7.11 Å². The highest BCUT2D eigenvalue weighted by molar-refractivity contribution is 6.03. The van der Waals surface area contributed by atoms with Gasteiger partial charge in [0.25, 0.3) is 5.91 Å². The van der Waals surface area contributed by atoms with Crippen LogP contribution in [0.15, 0.2) is 36.7 Å². The molecule has 104 valence electrons. The monoisotopic (exact) mass is 271 g/mol. The van der Waals surface area contributed by atoms with Gasteiger partial charge in [-0.25, -0.2) is 9.97 Å². The normalized spacial score (nSPS) is 10.4. The lowest BCUT2D eigenvalue weighted by molar-refractivity contribution is 0.102. The number of amides is 1. The standard InChI is InChI=1S/C15H17N3O2/c1-10(2)11-6-4-5-7-12(11)18-15(19)13-8-14(20-3)17-9-16-13/h4-10H,1-3H3,(H,18,19). The second kappa shape index (κ2) is 6.14. The van der Waals surface area contributed by atoms with E-state index in [4.69, 9.17) is 4.74 Å². The Morgan fingerprint density at radius 2 is 2.00 bits per heavy atom. The third kappa shape index (κ3) is 3.12. The van der Waals surface area contributed by atoms with E-state index in [1.807, 2.05) is 24.3 Å². The zero-order chi connectivity index (χ0) is 14.5. The number of ether oxygens (including phenoxy) is 1. The largest absolute Gasteiger partial charge is 0.481 e. The van der Waals surface area contributed by atoms with E-state index >= 15 is 0 Å². The summed E-state index contributed by atoms with van der Waals surface area (Å²) in [4.78, 5) is 20.0. The van der Waals surface area contributed by atoms with E-state index in [0.717, 1.165) is 11.3 Å². The highest BCUT2D eigenvalue weighted by atomic mass is 16.5. The molecule has 5 heteroatoms. The lowest BCUT2D eigenvalue weighted by Gasteiger charge is -2.13. The number of aromatic nitrogens is 2. The van der Waals surface area contributed by atoms with E-state index in [9.17, 15) is 4.79 Å². The lowest BCUT2D eigenvalue weighted by Crippen LogP contribution is -2.15. The van der Waals surface area contributed by atoms with Crippen LogP contribution in [0.2, 0.25) is 0 Å². The van der Waals surface area contributed by atoms with Crippen molar-refractivity contribution < 1.29 is 9.53 Å². The fourth-order valence-electron chi connectivity index (χ4n) is 1.88. The number of para-hydroxylation sites is 1. The number of nitrogens with one attached hydrogen (secondary N) is 1. The summed E-state index contributed by atoms with van der Waals surface area (Å²) in [5.41, 5.74) is 2.15. The van der Waals surface area contributed by atoms with Crippen LogP contribution in [0.5, 0.6) is 5.88 Å². The molecule has 1 N–H and O–H groups in total.